The number of anilines is 1. The molecule has 1 fully saturated rings. The molecule has 89 heavy (non-hydrogen) atoms. The third-order valence-corrected chi connectivity index (χ3v) is 13.7. The second-order valence-electron chi connectivity index (χ2n) is 20.3. The van der Waals surface area contributed by atoms with Gasteiger partial charge in [0.2, 0.25) is 0 Å². The van der Waals surface area contributed by atoms with Crippen molar-refractivity contribution in [1.82, 2.24) is 35.0 Å². The van der Waals surface area contributed by atoms with Crippen LogP contribution in [0.3, 0.4) is 0 Å². The first kappa shape index (κ1) is 74.3. The zero-order valence-corrected chi connectivity index (χ0v) is 52.3. The molecule has 3 N–H and O–H groups in total. The van der Waals surface area contributed by atoms with E-state index in [-0.39, 0.29) is 36.6 Å². The number of carbonyl (C=O) groups is 2. The van der Waals surface area contributed by atoms with E-state index in [9.17, 15) is 22.8 Å². The lowest BCUT2D eigenvalue weighted by atomic mass is 10.0. The van der Waals surface area contributed by atoms with E-state index >= 15 is 0 Å². The fraction of sp³-hybridized carbons (Fsp3) is 0.619. The summed E-state index contributed by atoms with van der Waals surface area (Å²) in [4.78, 5) is 33.9. The number of benzene rings is 2. The average Bonchev–Trinajstić information content (AvgIpc) is 2.91. The number of fused-ring (bicyclic) bond motifs is 1. The van der Waals surface area contributed by atoms with Crippen molar-refractivity contribution in [2.75, 3.05) is 209 Å². The van der Waals surface area contributed by atoms with Crippen LogP contribution in [-0.2, 0) is 69.6 Å². The molecule has 26 heteroatoms. The highest BCUT2D eigenvalue weighted by molar-refractivity contribution is 6.17. The van der Waals surface area contributed by atoms with Crippen LogP contribution in [-0.4, -0.2) is 240 Å². The second kappa shape index (κ2) is 47.5. The molecule has 0 unspecified atom stereocenters. The minimum Gasteiger partial charge on any atom is -0.447 e. The minimum atomic E-state index is -4.63. The number of amides is 2. The number of hydrogen-bond donors (Lipinski definition) is 3. The predicted molar refractivity (Wildman–Crippen MR) is 331 cm³/mol. The van der Waals surface area contributed by atoms with Gasteiger partial charge in [0, 0.05) is 81.3 Å². The lowest BCUT2D eigenvalue weighted by Gasteiger charge is -2.35. The van der Waals surface area contributed by atoms with Crippen LogP contribution in [0, 0.1) is 18.8 Å². The van der Waals surface area contributed by atoms with E-state index in [4.69, 9.17) is 68.4 Å². The zero-order valence-electron chi connectivity index (χ0n) is 51.6. The molecule has 0 radical (unpaired) electrons. The first-order valence-electron chi connectivity index (χ1n) is 30.7. The lowest BCUT2D eigenvalue weighted by molar-refractivity contribution is -0.138. The van der Waals surface area contributed by atoms with Gasteiger partial charge < -0.3 is 72.4 Å². The van der Waals surface area contributed by atoms with Crippen molar-refractivity contribution in [3.8, 4) is 11.8 Å². The van der Waals surface area contributed by atoms with Crippen molar-refractivity contribution in [3.05, 3.63) is 107 Å². The number of nitrogens with one attached hydrogen (secondary N) is 3. The number of piperazine rings is 1. The smallest absolute Gasteiger partial charge is 0.416 e. The van der Waals surface area contributed by atoms with Crippen LogP contribution in [0.5, 0.6) is 0 Å². The van der Waals surface area contributed by atoms with Gasteiger partial charge in [-0.3, -0.25) is 15.0 Å². The average molecular weight is 1280 g/mol. The third kappa shape index (κ3) is 34.0. The van der Waals surface area contributed by atoms with Crippen LogP contribution in [0.1, 0.15) is 70.4 Å². The number of ether oxygens (including phenoxy) is 12. The Hall–Kier alpha value is -5.38. The van der Waals surface area contributed by atoms with Gasteiger partial charge in [-0.1, -0.05) is 43.0 Å². The van der Waals surface area contributed by atoms with E-state index in [0.29, 0.717) is 201 Å². The van der Waals surface area contributed by atoms with Gasteiger partial charge in [-0.25, -0.2) is 14.3 Å². The van der Waals surface area contributed by atoms with Crippen molar-refractivity contribution < 1.29 is 79.6 Å². The lowest BCUT2D eigenvalue weighted by Crippen LogP contribution is -2.46. The molecule has 1 aliphatic heterocycles. The minimum absolute atomic E-state index is 0.0335. The summed E-state index contributed by atoms with van der Waals surface area (Å²) < 4.78 is 111. The number of halogens is 4. The Balaban J connectivity index is 0.737. The topological polar surface area (TPSA) is 218 Å². The van der Waals surface area contributed by atoms with Gasteiger partial charge in [0.15, 0.2) is 5.65 Å². The van der Waals surface area contributed by atoms with Crippen molar-refractivity contribution >= 4 is 34.9 Å². The Kier molecular flexibility index (Phi) is 39.7. The fourth-order valence-electron chi connectivity index (χ4n) is 8.56. The Morgan fingerprint density at radius 3 is 1.85 bits per heavy atom. The van der Waals surface area contributed by atoms with Gasteiger partial charge >= 0.3 is 12.3 Å². The molecule has 0 spiro atoms. The SMILES string of the molecule is Cc1ccc(C(=O)Nc2ccc(CN3CCN(CCCNC(=O)OCCOCCOCCOCCOC/C=C/COCCOCCOCCOCCOCNCCOCCOCCCCCCCl)CC3)c(C(F)(F)F)c2)cc1C#Cc1cnc2cccnn12. The summed E-state index contributed by atoms with van der Waals surface area (Å²) in [5.74, 6) is 6.28. The number of carbonyl (C=O) groups excluding carboxylic acids is 2. The molecule has 5 rings (SSSR count). The standard InChI is InChI=1S/C63H92ClF3N8O14/c1-53-11-12-55(48-54(53)14-16-58-50-70-60-10-8-19-71-75(58)60)61(76)72-57-15-13-56(59(49-57)63(65,66)67)51-74-24-22-73(23-25-74)21-9-18-69-62(77)89-47-46-87-43-42-85-39-37-83-35-32-80-28-7-6-27-79-31-34-82-36-38-84-40-41-86-44-45-88-52-68-20-29-81-33-30-78-26-5-3-2-4-17-64/h6-8,10-13,15,19,48-50,68H,2-5,9,17-18,20-47,51-52H2,1H3,(H,69,77)(H,72,76)/b7-6+. The maximum Gasteiger partial charge on any atom is 0.416 e. The van der Waals surface area contributed by atoms with Crippen LogP contribution in [0.4, 0.5) is 23.7 Å². The number of rotatable bonds is 50. The van der Waals surface area contributed by atoms with Crippen molar-refractivity contribution in [2.24, 2.45) is 0 Å². The molecule has 1 aliphatic rings. The quantitative estimate of drug-likeness (QED) is 0.0133. The summed E-state index contributed by atoms with van der Waals surface area (Å²) in [7, 11) is 0. The number of imidazole rings is 1. The molecule has 2 aromatic heterocycles. The highest BCUT2D eigenvalue weighted by atomic mass is 35.5. The zero-order chi connectivity index (χ0) is 63.1. The van der Waals surface area contributed by atoms with Crippen LogP contribution in [0.25, 0.3) is 5.65 Å². The molecule has 0 bridgehead atoms. The maximum atomic E-state index is 14.4. The Morgan fingerprint density at radius 1 is 0.629 bits per heavy atom. The normalized spacial score (nSPS) is 13.1. The number of aromatic nitrogens is 3. The molecule has 0 atom stereocenters. The largest absolute Gasteiger partial charge is 0.447 e. The number of hydrogen-bond acceptors (Lipinski definition) is 19. The highest BCUT2D eigenvalue weighted by Gasteiger charge is 2.34. The van der Waals surface area contributed by atoms with Gasteiger partial charge in [-0.2, -0.15) is 18.3 Å². The van der Waals surface area contributed by atoms with Crippen molar-refractivity contribution in [3.63, 3.8) is 0 Å². The number of alkyl halides is 4. The van der Waals surface area contributed by atoms with Crippen LogP contribution in [0.2, 0.25) is 0 Å². The van der Waals surface area contributed by atoms with Crippen LogP contribution >= 0.6 is 11.6 Å². The number of unbranched alkanes of at least 4 members (excludes halogenated alkanes) is 3. The van der Waals surface area contributed by atoms with E-state index in [1.807, 2.05) is 30.0 Å². The monoisotopic (exact) mass is 1280 g/mol. The summed E-state index contributed by atoms with van der Waals surface area (Å²) in [6.45, 7) is 16.9. The van der Waals surface area contributed by atoms with E-state index in [1.165, 1.54) is 12.1 Å². The Bertz CT molecular complexity index is 2620. The van der Waals surface area contributed by atoms with Gasteiger partial charge in [-0.15, -0.1) is 11.6 Å². The van der Waals surface area contributed by atoms with E-state index in [0.717, 1.165) is 49.8 Å². The first-order valence-corrected chi connectivity index (χ1v) is 31.2. The fourth-order valence-corrected chi connectivity index (χ4v) is 8.75. The van der Waals surface area contributed by atoms with Gasteiger partial charge in [0.05, 0.1) is 151 Å². The summed E-state index contributed by atoms with van der Waals surface area (Å²) in [6.07, 6.45) is 6.99. The van der Waals surface area contributed by atoms with Crippen molar-refractivity contribution in [1.29, 1.82) is 0 Å². The summed E-state index contributed by atoms with van der Waals surface area (Å²) in [5, 5.41) is 12.8. The Morgan fingerprint density at radius 2 is 1.21 bits per heavy atom. The molecular formula is C63H92ClF3N8O14. The molecule has 0 saturated carbocycles. The van der Waals surface area contributed by atoms with Crippen LogP contribution < -0.4 is 16.0 Å². The summed E-state index contributed by atoms with van der Waals surface area (Å²) in [5.41, 5.74) is 2.23. The Labute approximate surface area is 526 Å². The van der Waals surface area contributed by atoms with E-state index in [2.05, 4.69) is 42.8 Å². The third-order valence-electron chi connectivity index (χ3n) is 13.4. The summed E-state index contributed by atoms with van der Waals surface area (Å²) in [6, 6.07) is 12.4. The highest BCUT2D eigenvalue weighted by Crippen LogP contribution is 2.35. The molecule has 3 heterocycles. The molecule has 1 saturated heterocycles. The first-order chi connectivity index (χ1) is 43.6. The van der Waals surface area contributed by atoms with E-state index < -0.39 is 23.7 Å². The van der Waals surface area contributed by atoms with Crippen molar-refractivity contribution in [2.45, 2.75) is 51.7 Å². The molecule has 0 aliphatic carbocycles. The predicted octanol–water partition coefficient (Wildman–Crippen LogP) is 7.03. The number of aryl methyl sites for hydroxylation is 1. The molecule has 4 aromatic rings. The summed E-state index contributed by atoms with van der Waals surface area (Å²) >= 11 is 5.67. The molecule has 22 nitrogen and oxygen atoms in total. The van der Waals surface area contributed by atoms with E-state index in [1.54, 1.807) is 41.2 Å². The van der Waals surface area contributed by atoms with Gasteiger partial charge in [0.25, 0.3) is 5.91 Å². The molecule has 496 valence electrons. The maximum absolute atomic E-state index is 14.4. The van der Waals surface area contributed by atoms with Crippen LogP contribution in [0.15, 0.2) is 73.1 Å². The molecular weight excluding hydrogens is 1190 g/mol. The molecule has 2 aromatic carbocycles. The van der Waals surface area contributed by atoms with Gasteiger partial charge in [-0.05, 0) is 86.2 Å². The number of nitrogens with zero attached hydrogens (tertiary/aromatic N) is 5. The second-order valence-corrected chi connectivity index (χ2v) is 20.6. The van der Waals surface area contributed by atoms with Gasteiger partial charge in [0.1, 0.15) is 12.3 Å². The number of alkyl carbamates (subject to hydrolysis) is 1. The molecule has 2 amide bonds.